The highest BCUT2D eigenvalue weighted by Gasteiger charge is 2.15. The first kappa shape index (κ1) is 24.9. The molecule has 0 aliphatic rings. The molecule has 0 fully saturated rings. The van der Waals surface area contributed by atoms with Crippen molar-refractivity contribution in [3.05, 3.63) is 135 Å². The van der Waals surface area contributed by atoms with Crippen LogP contribution in [0.25, 0.3) is 12.2 Å². The average molecular weight is 513 g/mol. The van der Waals surface area contributed by atoms with Gasteiger partial charge < -0.3 is 10.6 Å². The van der Waals surface area contributed by atoms with Crippen LogP contribution in [-0.4, -0.2) is 17.6 Å². The monoisotopic (exact) mass is 512 g/mol. The number of halogens is 1. The normalized spacial score (nSPS) is 11.3. The number of anilines is 1. The summed E-state index contributed by atoms with van der Waals surface area (Å²) < 4.78 is 0. The van der Waals surface area contributed by atoms with Crippen molar-refractivity contribution < 1.29 is 14.4 Å². The second-order valence-corrected chi connectivity index (χ2v) is 8.93. The first-order valence-electron chi connectivity index (χ1n) is 11.0. The van der Waals surface area contributed by atoms with Crippen molar-refractivity contribution in [2.24, 2.45) is 0 Å². The fraction of sp³-hybridized carbons (Fsp3) is 0. The van der Waals surface area contributed by atoms with Crippen molar-refractivity contribution in [3.63, 3.8) is 0 Å². The molecule has 3 aromatic carbocycles. The van der Waals surface area contributed by atoms with Crippen LogP contribution in [0.4, 0.5) is 5.69 Å². The molecule has 0 aliphatic heterocycles. The number of carbonyl (C=O) groups is 3. The maximum Gasteiger partial charge on any atom is 0.272 e. The number of amides is 2. The lowest BCUT2D eigenvalue weighted by Gasteiger charge is -2.11. The van der Waals surface area contributed by atoms with Gasteiger partial charge in [-0.25, -0.2) is 0 Å². The Labute approximate surface area is 217 Å². The van der Waals surface area contributed by atoms with Gasteiger partial charge in [-0.2, -0.15) is 11.3 Å². The highest BCUT2D eigenvalue weighted by Crippen LogP contribution is 2.16. The molecule has 0 bridgehead atoms. The zero-order chi connectivity index (χ0) is 25.3. The van der Waals surface area contributed by atoms with E-state index in [0.717, 1.165) is 11.1 Å². The summed E-state index contributed by atoms with van der Waals surface area (Å²) in [6.45, 7) is 0. The van der Waals surface area contributed by atoms with Gasteiger partial charge in [0.25, 0.3) is 11.8 Å². The Kier molecular flexibility index (Phi) is 8.24. The van der Waals surface area contributed by atoms with E-state index in [1.165, 1.54) is 17.4 Å². The molecule has 0 aliphatic carbocycles. The summed E-state index contributed by atoms with van der Waals surface area (Å²) in [4.78, 5) is 38.2. The number of hydrogen-bond acceptors (Lipinski definition) is 4. The molecular weight excluding hydrogens is 492 g/mol. The molecule has 5 nitrogen and oxygen atoms in total. The van der Waals surface area contributed by atoms with Gasteiger partial charge >= 0.3 is 0 Å². The van der Waals surface area contributed by atoms with E-state index in [2.05, 4.69) is 10.6 Å². The molecule has 36 heavy (non-hydrogen) atoms. The van der Waals surface area contributed by atoms with E-state index < -0.39 is 5.91 Å². The van der Waals surface area contributed by atoms with Crippen LogP contribution in [0.1, 0.15) is 31.8 Å². The summed E-state index contributed by atoms with van der Waals surface area (Å²) in [7, 11) is 0. The minimum absolute atomic E-state index is 0.105. The molecule has 4 aromatic rings. The van der Waals surface area contributed by atoms with Crippen molar-refractivity contribution in [2.75, 3.05) is 5.32 Å². The van der Waals surface area contributed by atoms with Gasteiger partial charge in [-0.1, -0.05) is 48.0 Å². The average Bonchev–Trinajstić information content (AvgIpc) is 3.42. The molecule has 2 amide bonds. The lowest BCUT2D eigenvalue weighted by molar-refractivity contribution is -0.113. The highest BCUT2D eigenvalue weighted by molar-refractivity contribution is 7.08. The van der Waals surface area contributed by atoms with Crippen LogP contribution in [0.5, 0.6) is 0 Å². The Hall–Kier alpha value is -4.26. The minimum Gasteiger partial charge on any atom is -0.321 e. The van der Waals surface area contributed by atoms with Gasteiger partial charge in [0.15, 0.2) is 5.78 Å². The van der Waals surface area contributed by atoms with E-state index in [1.807, 2.05) is 35.0 Å². The van der Waals surface area contributed by atoms with E-state index in [9.17, 15) is 14.4 Å². The molecule has 4 rings (SSSR count). The van der Waals surface area contributed by atoms with Crippen LogP contribution in [0, 0.1) is 0 Å². The molecule has 0 spiro atoms. The van der Waals surface area contributed by atoms with Crippen molar-refractivity contribution in [3.8, 4) is 0 Å². The number of allylic oxidation sites excluding steroid dienone is 1. The number of rotatable bonds is 8. The third-order valence-electron chi connectivity index (χ3n) is 5.11. The topological polar surface area (TPSA) is 75.3 Å². The van der Waals surface area contributed by atoms with Gasteiger partial charge in [-0.3, -0.25) is 14.4 Å². The van der Waals surface area contributed by atoms with Gasteiger partial charge in [0.2, 0.25) is 0 Å². The Morgan fingerprint density at radius 2 is 1.50 bits per heavy atom. The predicted octanol–water partition coefficient (Wildman–Crippen LogP) is 6.71. The van der Waals surface area contributed by atoms with Gasteiger partial charge in [0, 0.05) is 21.8 Å². The van der Waals surface area contributed by atoms with Gasteiger partial charge in [0.05, 0.1) is 0 Å². The molecule has 0 atom stereocenters. The minimum atomic E-state index is -0.479. The molecule has 0 radical (unpaired) electrons. The van der Waals surface area contributed by atoms with Crippen molar-refractivity contribution >= 4 is 58.4 Å². The van der Waals surface area contributed by atoms with Crippen molar-refractivity contribution in [1.82, 2.24) is 5.32 Å². The van der Waals surface area contributed by atoms with Crippen LogP contribution in [0.3, 0.4) is 0 Å². The van der Waals surface area contributed by atoms with Crippen LogP contribution in [0.15, 0.2) is 107 Å². The number of ketones is 1. The maximum absolute atomic E-state index is 13.0. The number of carbonyl (C=O) groups excluding carboxylic acids is 3. The first-order chi connectivity index (χ1) is 17.5. The first-order valence-corrected chi connectivity index (χ1v) is 12.3. The zero-order valence-corrected chi connectivity index (χ0v) is 20.6. The Morgan fingerprint density at radius 1 is 0.778 bits per heavy atom. The van der Waals surface area contributed by atoms with Crippen LogP contribution in [0.2, 0.25) is 5.02 Å². The molecule has 0 saturated heterocycles. The number of hydrogen-bond donors (Lipinski definition) is 2. The van der Waals surface area contributed by atoms with Crippen LogP contribution < -0.4 is 10.6 Å². The summed E-state index contributed by atoms with van der Waals surface area (Å²) in [6.07, 6.45) is 4.81. The zero-order valence-electron chi connectivity index (χ0n) is 19.0. The molecule has 0 unspecified atom stereocenters. The fourth-order valence-corrected chi connectivity index (χ4v) is 3.97. The van der Waals surface area contributed by atoms with Crippen LogP contribution in [-0.2, 0) is 4.79 Å². The quantitative estimate of drug-likeness (QED) is 0.203. The lowest BCUT2D eigenvalue weighted by atomic mass is 10.1. The highest BCUT2D eigenvalue weighted by atomic mass is 35.5. The van der Waals surface area contributed by atoms with E-state index in [0.29, 0.717) is 21.8 Å². The summed E-state index contributed by atoms with van der Waals surface area (Å²) in [6, 6.07) is 24.2. The molecule has 1 heterocycles. The fourth-order valence-electron chi connectivity index (χ4n) is 3.22. The molecule has 2 N–H and O–H groups in total. The van der Waals surface area contributed by atoms with Crippen LogP contribution >= 0.6 is 22.9 Å². The summed E-state index contributed by atoms with van der Waals surface area (Å²) >= 11 is 7.37. The predicted molar refractivity (Wildman–Crippen MR) is 146 cm³/mol. The number of nitrogens with one attached hydrogen (secondary N) is 2. The second kappa shape index (κ2) is 11.9. The Balaban J connectivity index is 1.45. The van der Waals surface area contributed by atoms with Gasteiger partial charge in [-0.15, -0.1) is 0 Å². The summed E-state index contributed by atoms with van der Waals surface area (Å²) in [5, 5.41) is 9.87. The molecule has 1 aromatic heterocycles. The van der Waals surface area contributed by atoms with E-state index in [4.69, 9.17) is 11.6 Å². The SMILES string of the molecule is O=C(Nc1ccc(C(=O)/C=C/c2ccc(Cl)cc2)cc1)/C(=C/c1ccsc1)NC(=O)c1ccccc1. The molecule has 178 valence electrons. The Bertz CT molecular complexity index is 1410. The second-order valence-electron chi connectivity index (χ2n) is 7.72. The lowest BCUT2D eigenvalue weighted by Crippen LogP contribution is -2.30. The molecular formula is C29H21ClN2O3S. The third-order valence-corrected chi connectivity index (χ3v) is 6.06. The van der Waals surface area contributed by atoms with E-state index in [-0.39, 0.29) is 17.4 Å². The number of thiophene rings is 1. The summed E-state index contributed by atoms with van der Waals surface area (Å²) in [5.41, 5.74) is 3.17. The third kappa shape index (κ3) is 6.88. The van der Waals surface area contributed by atoms with E-state index >= 15 is 0 Å². The maximum atomic E-state index is 13.0. The van der Waals surface area contributed by atoms with Crippen molar-refractivity contribution in [2.45, 2.75) is 0 Å². The molecule has 0 saturated carbocycles. The van der Waals surface area contributed by atoms with E-state index in [1.54, 1.807) is 72.8 Å². The Morgan fingerprint density at radius 3 is 2.17 bits per heavy atom. The molecule has 7 heteroatoms. The summed E-state index contributed by atoms with van der Waals surface area (Å²) in [5.74, 6) is -1.04. The largest absolute Gasteiger partial charge is 0.321 e. The van der Waals surface area contributed by atoms with Gasteiger partial charge in [-0.05, 0) is 88.6 Å². The number of benzene rings is 3. The van der Waals surface area contributed by atoms with Gasteiger partial charge in [0.1, 0.15) is 5.70 Å². The van der Waals surface area contributed by atoms with Crippen molar-refractivity contribution in [1.29, 1.82) is 0 Å². The standard InChI is InChI=1S/C29H21ClN2O3S/c30-24-11-6-20(7-12-24)8-15-27(33)22-9-13-25(14-10-22)31-29(35)26(18-21-16-17-36-19-21)32-28(34)23-4-2-1-3-5-23/h1-19H,(H,31,35)(H,32,34)/b15-8+,26-18-. The smallest absolute Gasteiger partial charge is 0.272 e.